The molecule has 3 aromatic rings. The van der Waals surface area contributed by atoms with Crippen molar-refractivity contribution >= 4 is 17.4 Å². The van der Waals surface area contributed by atoms with Crippen LogP contribution in [0.3, 0.4) is 0 Å². The zero-order valence-corrected chi connectivity index (χ0v) is 16.7. The van der Waals surface area contributed by atoms with Gasteiger partial charge >= 0.3 is 6.03 Å². The summed E-state index contributed by atoms with van der Waals surface area (Å²) in [7, 11) is 0. The molecular formula is C23H25N3O4. The SMILES string of the molecule is O=C(Nc1cccc(COCc2ccco2)c1)N1CCN(c2cccc(O)c2)CC1. The van der Waals surface area contributed by atoms with Crippen LogP contribution < -0.4 is 10.2 Å². The summed E-state index contributed by atoms with van der Waals surface area (Å²) in [6.45, 7) is 3.52. The van der Waals surface area contributed by atoms with Crippen molar-refractivity contribution in [2.75, 3.05) is 36.4 Å². The quantitative estimate of drug-likeness (QED) is 0.644. The van der Waals surface area contributed by atoms with Crippen LogP contribution in [0.1, 0.15) is 11.3 Å². The van der Waals surface area contributed by atoms with Crippen LogP contribution in [0.4, 0.5) is 16.2 Å². The second-order valence-corrected chi connectivity index (χ2v) is 7.20. The number of ether oxygens (including phenoxy) is 1. The molecular weight excluding hydrogens is 382 g/mol. The van der Waals surface area contributed by atoms with Crippen molar-refractivity contribution in [3.63, 3.8) is 0 Å². The number of furan rings is 1. The summed E-state index contributed by atoms with van der Waals surface area (Å²) in [5.74, 6) is 1.03. The van der Waals surface area contributed by atoms with Crippen molar-refractivity contribution in [2.45, 2.75) is 13.2 Å². The Hall–Kier alpha value is -3.45. The molecule has 7 heteroatoms. The summed E-state index contributed by atoms with van der Waals surface area (Å²) in [6.07, 6.45) is 1.62. The fourth-order valence-corrected chi connectivity index (χ4v) is 3.46. The lowest BCUT2D eigenvalue weighted by Crippen LogP contribution is -2.50. The number of phenolic OH excluding ortho intramolecular Hbond substituents is 1. The number of carbonyl (C=O) groups excluding carboxylic acids is 1. The van der Waals surface area contributed by atoms with Crippen molar-refractivity contribution in [1.29, 1.82) is 0 Å². The van der Waals surface area contributed by atoms with Crippen LogP contribution in [0.25, 0.3) is 0 Å². The van der Waals surface area contributed by atoms with E-state index in [1.807, 2.05) is 48.5 Å². The number of nitrogens with one attached hydrogen (secondary N) is 1. The molecule has 1 fully saturated rings. The smallest absolute Gasteiger partial charge is 0.321 e. The molecule has 0 radical (unpaired) electrons. The Morgan fingerprint density at radius 1 is 1.00 bits per heavy atom. The number of benzene rings is 2. The first-order valence-electron chi connectivity index (χ1n) is 9.96. The van der Waals surface area contributed by atoms with E-state index in [1.165, 1.54) is 0 Å². The van der Waals surface area contributed by atoms with Crippen LogP contribution >= 0.6 is 0 Å². The molecule has 2 heterocycles. The van der Waals surface area contributed by atoms with Gasteiger partial charge in [-0.3, -0.25) is 0 Å². The number of nitrogens with zero attached hydrogens (tertiary/aromatic N) is 2. The number of amides is 2. The highest BCUT2D eigenvalue weighted by molar-refractivity contribution is 5.89. The van der Waals surface area contributed by atoms with Gasteiger partial charge in [-0.15, -0.1) is 0 Å². The Bertz CT molecular complexity index is 966. The van der Waals surface area contributed by atoms with Gasteiger partial charge in [0.05, 0.1) is 12.9 Å². The van der Waals surface area contributed by atoms with Gasteiger partial charge in [0, 0.05) is 43.6 Å². The van der Waals surface area contributed by atoms with E-state index in [4.69, 9.17) is 9.15 Å². The average Bonchev–Trinajstić information content (AvgIpc) is 3.28. The van der Waals surface area contributed by atoms with Gasteiger partial charge in [0.1, 0.15) is 18.1 Å². The van der Waals surface area contributed by atoms with Gasteiger partial charge in [-0.25, -0.2) is 4.79 Å². The number of aromatic hydroxyl groups is 1. The Balaban J connectivity index is 1.27. The highest BCUT2D eigenvalue weighted by atomic mass is 16.5. The molecule has 1 aliphatic heterocycles. The minimum Gasteiger partial charge on any atom is -0.508 e. The first kappa shape index (κ1) is 19.8. The molecule has 30 heavy (non-hydrogen) atoms. The Morgan fingerprint density at radius 3 is 2.60 bits per heavy atom. The van der Waals surface area contributed by atoms with Gasteiger partial charge in [0.2, 0.25) is 0 Å². The largest absolute Gasteiger partial charge is 0.508 e. The maximum atomic E-state index is 12.7. The van der Waals surface area contributed by atoms with Gasteiger partial charge in [-0.05, 0) is 42.0 Å². The van der Waals surface area contributed by atoms with E-state index in [0.717, 1.165) is 35.8 Å². The predicted molar refractivity (Wildman–Crippen MR) is 115 cm³/mol. The number of urea groups is 1. The number of phenols is 1. The van der Waals surface area contributed by atoms with E-state index in [-0.39, 0.29) is 11.8 Å². The molecule has 1 saturated heterocycles. The van der Waals surface area contributed by atoms with Crippen molar-refractivity contribution in [1.82, 2.24) is 4.90 Å². The van der Waals surface area contributed by atoms with Crippen molar-refractivity contribution in [3.05, 3.63) is 78.3 Å². The van der Waals surface area contributed by atoms with Gasteiger partial charge < -0.3 is 29.4 Å². The summed E-state index contributed by atoms with van der Waals surface area (Å²) in [6, 6.07) is 18.4. The van der Waals surface area contributed by atoms with Crippen LogP contribution in [-0.2, 0) is 18.0 Å². The van der Waals surface area contributed by atoms with E-state index in [0.29, 0.717) is 26.3 Å². The van der Waals surface area contributed by atoms with E-state index in [1.54, 1.807) is 23.3 Å². The van der Waals surface area contributed by atoms with Gasteiger partial charge in [0.25, 0.3) is 0 Å². The molecule has 1 aromatic heterocycles. The number of hydrogen-bond acceptors (Lipinski definition) is 5. The maximum Gasteiger partial charge on any atom is 0.321 e. The van der Waals surface area contributed by atoms with Crippen LogP contribution in [0, 0.1) is 0 Å². The monoisotopic (exact) mass is 407 g/mol. The number of piperazine rings is 1. The van der Waals surface area contributed by atoms with Crippen LogP contribution in [0.5, 0.6) is 5.75 Å². The third-order valence-corrected chi connectivity index (χ3v) is 5.03. The average molecular weight is 407 g/mol. The van der Waals surface area contributed by atoms with E-state index >= 15 is 0 Å². The van der Waals surface area contributed by atoms with E-state index in [2.05, 4.69) is 10.2 Å². The topological polar surface area (TPSA) is 78.2 Å². The number of rotatable bonds is 6. The number of anilines is 2. The second kappa shape index (κ2) is 9.37. The Labute approximate surface area is 175 Å². The second-order valence-electron chi connectivity index (χ2n) is 7.20. The first-order valence-corrected chi connectivity index (χ1v) is 9.96. The van der Waals surface area contributed by atoms with Crippen molar-refractivity contribution in [3.8, 4) is 5.75 Å². The molecule has 0 unspecified atom stereocenters. The summed E-state index contributed by atoms with van der Waals surface area (Å²) in [5, 5.41) is 12.6. The molecule has 2 aromatic carbocycles. The summed E-state index contributed by atoms with van der Waals surface area (Å²) < 4.78 is 10.9. The van der Waals surface area contributed by atoms with Gasteiger partial charge in [-0.2, -0.15) is 0 Å². The fraction of sp³-hybridized carbons (Fsp3) is 0.261. The van der Waals surface area contributed by atoms with Gasteiger partial charge in [-0.1, -0.05) is 18.2 Å². The highest BCUT2D eigenvalue weighted by Gasteiger charge is 2.21. The molecule has 1 aliphatic rings. The lowest BCUT2D eigenvalue weighted by atomic mass is 10.2. The Morgan fingerprint density at radius 2 is 1.83 bits per heavy atom. The summed E-state index contributed by atoms with van der Waals surface area (Å²) >= 11 is 0. The zero-order chi connectivity index (χ0) is 20.8. The fourth-order valence-electron chi connectivity index (χ4n) is 3.46. The van der Waals surface area contributed by atoms with Crippen LogP contribution in [0.15, 0.2) is 71.3 Å². The molecule has 2 amide bonds. The first-order chi connectivity index (χ1) is 14.7. The van der Waals surface area contributed by atoms with Crippen molar-refractivity contribution < 1.29 is 19.1 Å². The maximum absolute atomic E-state index is 12.7. The molecule has 156 valence electrons. The van der Waals surface area contributed by atoms with E-state index in [9.17, 15) is 9.90 Å². The third-order valence-electron chi connectivity index (χ3n) is 5.03. The molecule has 0 saturated carbocycles. The number of hydrogen-bond donors (Lipinski definition) is 2. The normalized spacial score (nSPS) is 14.0. The summed E-state index contributed by atoms with van der Waals surface area (Å²) in [4.78, 5) is 16.6. The molecule has 2 N–H and O–H groups in total. The lowest BCUT2D eigenvalue weighted by molar-refractivity contribution is 0.0930. The summed E-state index contributed by atoms with van der Waals surface area (Å²) in [5.41, 5.74) is 2.69. The lowest BCUT2D eigenvalue weighted by Gasteiger charge is -2.36. The Kier molecular flexibility index (Phi) is 6.20. The predicted octanol–water partition coefficient (Wildman–Crippen LogP) is 4.06. The zero-order valence-electron chi connectivity index (χ0n) is 16.7. The minimum absolute atomic E-state index is 0.112. The van der Waals surface area contributed by atoms with E-state index < -0.39 is 0 Å². The molecule has 0 bridgehead atoms. The molecule has 7 nitrogen and oxygen atoms in total. The third kappa shape index (κ3) is 5.12. The standard InChI is InChI=1S/C23H25N3O4/c27-21-7-2-6-20(15-21)25-9-11-26(12-10-25)23(28)24-19-5-1-4-18(14-19)16-29-17-22-8-3-13-30-22/h1-8,13-15,27H,9-12,16-17H2,(H,24,28). The van der Waals surface area contributed by atoms with Crippen LogP contribution in [-0.4, -0.2) is 42.2 Å². The molecule has 0 aliphatic carbocycles. The number of carbonyl (C=O) groups is 1. The molecule has 4 rings (SSSR count). The van der Waals surface area contributed by atoms with Gasteiger partial charge in [0.15, 0.2) is 0 Å². The highest BCUT2D eigenvalue weighted by Crippen LogP contribution is 2.21. The van der Waals surface area contributed by atoms with Crippen LogP contribution in [0.2, 0.25) is 0 Å². The minimum atomic E-state index is -0.112. The van der Waals surface area contributed by atoms with Crippen molar-refractivity contribution in [2.24, 2.45) is 0 Å². The molecule has 0 atom stereocenters. The molecule has 0 spiro atoms.